The van der Waals surface area contributed by atoms with E-state index in [1.807, 2.05) is 19.9 Å². The lowest BCUT2D eigenvalue weighted by molar-refractivity contribution is -0.175. The smallest absolute Gasteiger partial charge is 0.245 e. The monoisotopic (exact) mass is 599 g/mol. The van der Waals surface area contributed by atoms with E-state index in [4.69, 9.17) is 28.4 Å². The van der Waals surface area contributed by atoms with Gasteiger partial charge in [0, 0.05) is 40.5 Å². The van der Waals surface area contributed by atoms with Gasteiger partial charge in [-0.2, -0.15) is 0 Å². The van der Waals surface area contributed by atoms with Gasteiger partial charge in [-0.1, -0.05) is 30.3 Å². The number of rotatable bonds is 17. The predicted molar refractivity (Wildman–Crippen MR) is 166 cm³/mol. The number of piperidine rings is 1. The number of nitrogens with one attached hydrogen (secondary N) is 2. The van der Waals surface area contributed by atoms with E-state index in [1.54, 1.807) is 14.2 Å². The van der Waals surface area contributed by atoms with Gasteiger partial charge in [-0.3, -0.25) is 4.79 Å². The Morgan fingerprint density at radius 2 is 2.00 bits per heavy atom. The van der Waals surface area contributed by atoms with Crippen molar-refractivity contribution in [3.8, 4) is 5.75 Å². The van der Waals surface area contributed by atoms with E-state index < -0.39 is 5.60 Å². The first-order valence-electron chi connectivity index (χ1n) is 15.4. The van der Waals surface area contributed by atoms with Crippen molar-refractivity contribution >= 4 is 11.6 Å². The highest BCUT2D eigenvalue weighted by Crippen LogP contribution is 2.38. The van der Waals surface area contributed by atoms with Crippen molar-refractivity contribution in [2.24, 2.45) is 0 Å². The third-order valence-electron chi connectivity index (χ3n) is 7.99. The first-order chi connectivity index (χ1) is 21.0. The summed E-state index contributed by atoms with van der Waals surface area (Å²) in [5.41, 5.74) is 3.40. The summed E-state index contributed by atoms with van der Waals surface area (Å²) in [4.78, 5) is 14.7. The average molecular weight is 600 g/mol. The lowest BCUT2D eigenvalue weighted by Crippen LogP contribution is -2.55. The molecule has 0 spiro atoms. The normalized spacial score (nSPS) is 20.7. The van der Waals surface area contributed by atoms with Crippen molar-refractivity contribution in [2.45, 2.75) is 57.7 Å². The summed E-state index contributed by atoms with van der Waals surface area (Å²) in [6, 6.07) is 14.5. The molecule has 1 amide bonds. The van der Waals surface area contributed by atoms with Crippen LogP contribution in [0.2, 0.25) is 0 Å². The van der Waals surface area contributed by atoms with E-state index in [1.165, 1.54) is 0 Å². The van der Waals surface area contributed by atoms with Crippen LogP contribution in [-0.2, 0) is 47.3 Å². The van der Waals surface area contributed by atoms with Gasteiger partial charge in [0.1, 0.15) is 30.7 Å². The second kappa shape index (κ2) is 16.9. The molecule has 43 heavy (non-hydrogen) atoms. The number of amides is 1. The molecule has 0 aliphatic carbocycles. The van der Waals surface area contributed by atoms with Crippen LogP contribution in [0.25, 0.3) is 0 Å². The molecule has 2 aliphatic heterocycles. The van der Waals surface area contributed by atoms with Crippen LogP contribution >= 0.6 is 0 Å². The van der Waals surface area contributed by atoms with Crippen LogP contribution < -0.4 is 20.3 Å². The van der Waals surface area contributed by atoms with Crippen molar-refractivity contribution in [1.29, 1.82) is 0 Å². The summed E-state index contributed by atoms with van der Waals surface area (Å²) >= 11 is 0. The van der Waals surface area contributed by atoms with Crippen molar-refractivity contribution in [2.75, 3.05) is 78.3 Å². The Bertz CT molecular complexity index is 1130. The molecule has 0 aromatic heterocycles. The van der Waals surface area contributed by atoms with Crippen LogP contribution in [0.4, 0.5) is 5.69 Å². The topological polar surface area (TPSA) is 99.8 Å². The predicted octanol–water partition coefficient (Wildman–Crippen LogP) is 3.40. The zero-order valence-electron chi connectivity index (χ0n) is 26.2. The van der Waals surface area contributed by atoms with E-state index in [2.05, 4.69) is 51.9 Å². The number of hydrogen-bond acceptors (Lipinski definition) is 9. The van der Waals surface area contributed by atoms with Crippen LogP contribution in [0.5, 0.6) is 5.75 Å². The first kappa shape index (κ1) is 33.2. The number of benzene rings is 2. The molecule has 2 aliphatic rings. The summed E-state index contributed by atoms with van der Waals surface area (Å²) in [5, 5.41) is 6.14. The summed E-state index contributed by atoms with van der Waals surface area (Å²) in [5.74, 6) is 0.722. The fourth-order valence-electron chi connectivity index (χ4n) is 5.67. The quantitative estimate of drug-likeness (QED) is 0.265. The highest BCUT2D eigenvalue weighted by molar-refractivity contribution is 5.76. The largest absolute Gasteiger partial charge is 0.490 e. The van der Waals surface area contributed by atoms with E-state index in [0.717, 1.165) is 60.8 Å². The van der Waals surface area contributed by atoms with Crippen LogP contribution in [-0.4, -0.2) is 91.5 Å². The number of methoxy groups -OCH3 is 1. The van der Waals surface area contributed by atoms with Gasteiger partial charge in [0.25, 0.3) is 0 Å². The number of carbonyl (C=O) groups excluding carboxylic acids is 1. The SMILES string of the molecule is CCO[C@H](C)COCc1ccc([C@@]2(OCC(=O)NC)CCNC[C@@H]2OCc2ccc3c(c2)N(CCCOC)CCO3)cc1. The van der Waals surface area contributed by atoms with Crippen molar-refractivity contribution in [3.05, 3.63) is 59.2 Å². The molecule has 10 heteroatoms. The van der Waals surface area contributed by atoms with Gasteiger partial charge in [-0.25, -0.2) is 0 Å². The van der Waals surface area contributed by atoms with Gasteiger partial charge >= 0.3 is 0 Å². The molecule has 0 unspecified atom stereocenters. The van der Waals surface area contributed by atoms with E-state index >= 15 is 0 Å². The van der Waals surface area contributed by atoms with Crippen molar-refractivity contribution in [3.63, 3.8) is 0 Å². The maximum Gasteiger partial charge on any atom is 0.245 e. The van der Waals surface area contributed by atoms with Crippen molar-refractivity contribution in [1.82, 2.24) is 10.6 Å². The third-order valence-corrected chi connectivity index (χ3v) is 7.99. The van der Waals surface area contributed by atoms with Crippen LogP contribution in [0.1, 0.15) is 43.4 Å². The number of carbonyl (C=O) groups is 1. The Hall–Kier alpha value is -2.73. The lowest BCUT2D eigenvalue weighted by Gasteiger charge is -2.44. The number of ether oxygens (including phenoxy) is 6. The van der Waals surface area contributed by atoms with E-state index in [-0.39, 0.29) is 24.7 Å². The molecule has 1 saturated heterocycles. The molecule has 1 fully saturated rings. The second-order valence-electron chi connectivity index (χ2n) is 11.1. The Labute approximate surface area is 256 Å². The number of likely N-dealkylation sites (N-methyl/N-ethyl adjacent to an activating group) is 1. The number of hydrogen-bond donors (Lipinski definition) is 2. The number of nitrogens with zero attached hydrogens (tertiary/aromatic N) is 1. The third kappa shape index (κ3) is 9.14. The minimum Gasteiger partial charge on any atom is -0.490 e. The molecule has 10 nitrogen and oxygen atoms in total. The Balaban J connectivity index is 1.49. The summed E-state index contributed by atoms with van der Waals surface area (Å²) in [6.45, 7) is 10.5. The molecule has 2 aromatic rings. The number of fused-ring (bicyclic) bond motifs is 1. The summed E-state index contributed by atoms with van der Waals surface area (Å²) in [6.07, 6.45) is 1.36. The molecular weight excluding hydrogens is 550 g/mol. The Morgan fingerprint density at radius 1 is 1.19 bits per heavy atom. The maximum absolute atomic E-state index is 12.3. The maximum atomic E-state index is 12.3. The molecule has 2 aromatic carbocycles. The summed E-state index contributed by atoms with van der Waals surface area (Å²) < 4.78 is 35.7. The van der Waals surface area contributed by atoms with Crippen LogP contribution in [0.15, 0.2) is 42.5 Å². The van der Waals surface area contributed by atoms with Gasteiger partial charge in [0.05, 0.1) is 38.2 Å². The van der Waals surface area contributed by atoms with Gasteiger partial charge in [0.2, 0.25) is 5.91 Å². The van der Waals surface area contributed by atoms with Gasteiger partial charge in [-0.05, 0) is 62.1 Å². The molecule has 4 rings (SSSR count). The minimum atomic E-state index is -0.788. The highest BCUT2D eigenvalue weighted by Gasteiger charge is 2.45. The second-order valence-corrected chi connectivity index (χ2v) is 11.1. The zero-order chi connectivity index (χ0) is 30.5. The van der Waals surface area contributed by atoms with Crippen molar-refractivity contribution < 1.29 is 33.2 Å². The van der Waals surface area contributed by atoms with E-state index in [9.17, 15) is 4.79 Å². The standard InChI is InChI=1S/C33H49N3O7/c1-5-40-25(2)21-39-22-26-7-10-28(11-8-26)33(43-24-32(37)34-3)13-14-35-20-31(33)42-23-27-9-12-30-29(19-27)36(16-18-41-30)15-6-17-38-4/h7-12,19,25,31,35H,5-6,13-18,20-24H2,1-4H3,(H,34,37)/t25-,31+,33+/m1/s1. The molecule has 2 N–H and O–H groups in total. The van der Waals surface area contributed by atoms with Crippen LogP contribution in [0.3, 0.4) is 0 Å². The van der Waals surface area contributed by atoms with Crippen LogP contribution in [0, 0.1) is 0 Å². The van der Waals surface area contributed by atoms with Gasteiger partial charge in [0.15, 0.2) is 0 Å². The Morgan fingerprint density at radius 3 is 2.77 bits per heavy atom. The molecule has 2 heterocycles. The fourth-order valence-corrected chi connectivity index (χ4v) is 5.67. The highest BCUT2D eigenvalue weighted by atomic mass is 16.6. The Kier molecular flexibility index (Phi) is 13.1. The molecule has 3 atom stereocenters. The van der Waals surface area contributed by atoms with E-state index in [0.29, 0.717) is 46.0 Å². The minimum absolute atomic E-state index is 0.0524. The average Bonchev–Trinajstić information content (AvgIpc) is 3.03. The molecule has 0 bridgehead atoms. The van der Waals surface area contributed by atoms with Gasteiger partial charge in [-0.15, -0.1) is 0 Å². The molecular formula is C33H49N3O7. The number of anilines is 1. The molecule has 238 valence electrons. The first-order valence-corrected chi connectivity index (χ1v) is 15.4. The lowest BCUT2D eigenvalue weighted by atomic mass is 9.82. The molecule has 0 radical (unpaired) electrons. The van der Waals surface area contributed by atoms with Gasteiger partial charge < -0.3 is 44.0 Å². The fraction of sp³-hybridized carbons (Fsp3) is 0.606. The summed E-state index contributed by atoms with van der Waals surface area (Å²) in [7, 11) is 3.35. The molecule has 0 saturated carbocycles. The zero-order valence-corrected chi connectivity index (χ0v) is 26.2.